The van der Waals surface area contributed by atoms with E-state index in [-0.39, 0.29) is 5.75 Å². The molecule has 1 aromatic heterocycles. The number of nitrogens with one attached hydrogen (secondary N) is 1. The van der Waals surface area contributed by atoms with Crippen LogP contribution < -0.4 is 10.1 Å². The van der Waals surface area contributed by atoms with Gasteiger partial charge in [0.15, 0.2) is 0 Å². The molecule has 0 aliphatic carbocycles. The number of alkyl halides is 2. The Kier molecular flexibility index (Phi) is 5.43. The zero-order valence-electron chi connectivity index (χ0n) is 10.5. The lowest BCUT2D eigenvalue weighted by atomic mass is 10.2. The zero-order valence-corrected chi connectivity index (χ0v) is 12.1. The molecule has 2 rings (SSSR count). The fourth-order valence-electron chi connectivity index (χ4n) is 1.73. The summed E-state index contributed by atoms with van der Waals surface area (Å²) >= 11 is 3.32. The molecule has 0 atom stereocenters. The summed E-state index contributed by atoms with van der Waals surface area (Å²) in [4.78, 5) is 4.18. The third-order valence-electron chi connectivity index (χ3n) is 2.59. The van der Waals surface area contributed by atoms with E-state index in [1.54, 1.807) is 18.3 Å². The minimum atomic E-state index is -2.83. The van der Waals surface area contributed by atoms with Gasteiger partial charge in [0, 0.05) is 29.3 Å². The van der Waals surface area contributed by atoms with Crippen LogP contribution in [0.15, 0.2) is 47.1 Å². The second-order valence-corrected chi connectivity index (χ2v) is 4.97. The SMILES string of the molecule is FC(F)Oc1ccc(Br)cc1CNCc1ccccn1. The van der Waals surface area contributed by atoms with E-state index < -0.39 is 6.61 Å². The molecule has 0 aliphatic heterocycles. The number of aromatic nitrogens is 1. The maximum absolute atomic E-state index is 12.3. The van der Waals surface area contributed by atoms with E-state index in [0.717, 1.165) is 10.2 Å². The third kappa shape index (κ3) is 4.54. The van der Waals surface area contributed by atoms with Crippen molar-refractivity contribution in [1.29, 1.82) is 0 Å². The average molecular weight is 343 g/mol. The van der Waals surface area contributed by atoms with Crippen molar-refractivity contribution in [3.8, 4) is 5.75 Å². The van der Waals surface area contributed by atoms with E-state index in [9.17, 15) is 8.78 Å². The molecule has 0 bridgehead atoms. The number of hydrogen-bond acceptors (Lipinski definition) is 3. The van der Waals surface area contributed by atoms with Gasteiger partial charge in [-0.05, 0) is 30.3 Å². The van der Waals surface area contributed by atoms with Crippen LogP contribution in [-0.2, 0) is 13.1 Å². The van der Waals surface area contributed by atoms with Crippen LogP contribution in [0.2, 0.25) is 0 Å². The third-order valence-corrected chi connectivity index (χ3v) is 3.08. The summed E-state index contributed by atoms with van der Waals surface area (Å²) in [5.74, 6) is 0.178. The van der Waals surface area contributed by atoms with Crippen molar-refractivity contribution >= 4 is 15.9 Å². The second-order valence-electron chi connectivity index (χ2n) is 4.06. The van der Waals surface area contributed by atoms with Crippen LogP contribution in [0.5, 0.6) is 5.75 Å². The van der Waals surface area contributed by atoms with Crippen molar-refractivity contribution in [2.24, 2.45) is 0 Å². The Morgan fingerprint density at radius 3 is 2.75 bits per heavy atom. The lowest BCUT2D eigenvalue weighted by molar-refractivity contribution is -0.0505. The number of benzene rings is 1. The lowest BCUT2D eigenvalue weighted by Crippen LogP contribution is -2.15. The lowest BCUT2D eigenvalue weighted by Gasteiger charge is -2.12. The second kappa shape index (κ2) is 7.31. The normalized spacial score (nSPS) is 10.8. The van der Waals surface area contributed by atoms with E-state index in [1.807, 2.05) is 18.2 Å². The van der Waals surface area contributed by atoms with E-state index in [0.29, 0.717) is 18.7 Å². The highest BCUT2D eigenvalue weighted by molar-refractivity contribution is 9.10. The average Bonchev–Trinajstić information content (AvgIpc) is 2.42. The van der Waals surface area contributed by atoms with E-state index in [2.05, 4.69) is 31.0 Å². The highest BCUT2D eigenvalue weighted by Gasteiger charge is 2.10. The molecule has 0 saturated carbocycles. The van der Waals surface area contributed by atoms with Gasteiger partial charge in [-0.2, -0.15) is 8.78 Å². The van der Waals surface area contributed by atoms with Crippen LogP contribution in [-0.4, -0.2) is 11.6 Å². The van der Waals surface area contributed by atoms with Crippen molar-refractivity contribution in [2.75, 3.05) is 0 Å². The fraction of sp³-hybridized carbons (Fsp3) is 0.214. The largest absolute Gasteiger partial charge is 0.434 e. The van der Waals surface area contributed by atoms with Crippen LogP contribution in [0, 0.1) is 0 Å². The molecule has 0 fully saturated rings. The first kappa shape index (κ1) is 14.9. The zero-order chi connectivity index (χ0) is 14.4. The molecule has 0 unspecified atom stereocenters. The Morgan fingerprint density at radius 2 is 2.05 bits per heavy atom. The molecule has 3 nitrogen and oxygen atoms in total. The number of ether oxygens (including phenoxy) is 1. The number of rotatable bonds is 6. The van der Waals surface area contributed by atoms with E-state index in [4.69, 9.17) is 0 Å². The summed E-state index contributed by atoms with van der Waals surface area (Å²) in [7, 11) is 0. The van der Waals surface area contributed by atoms with Gasteiger partial charge >= 0.3 is 6.61 Å². The number of nitrogens with zero attached hydrogens (tertiary/aromatic N) is 1. The highest BCUT2D eigenvalue weighted by atomic mass is 79.9. The summed E-state index contributed by atoms with van der Waals surface area (Å²) in [5.41, 5.74) is 1.55. The Morgan fingerprint density at radius 1 is 1.20 bits per heavy atom. The Balaban J connectivity index is 1.99. The molecular weight excluding hydrogens is 330 g/mol. The van der Waals surface area contributed by atoms with Gasteiger partial charge in [-0.25, -0.2) is 0 Å². The molecule has 0 saturated heterocycles. The minimum Gasteiger partial charge on any atom is -0.434 e. The van der Waals surface area contributed by atoms with Crippen molar-refractivity contribution < 1.29 is 13.5 Å². The first-order chi connectivity index (χ1) is 9.65. The summed E-state index contributed by atoms with van der Waals surface area (Å²) in [6, 6.07) is 10.6. The predicted molar refractivity (Wildman–Crippen MR) is 75.6 cm³/mol. The first-order valence-corrected chi connectivity index (χ1v) is 6.78. The molecule has 6 heteroatoms. The molecular formula is C14H13BrF2N2O. The van der Waals surface area contributed by atoms with Gasteiger partial charge < -0.3 is 10.1 Å². The van der Waals surface area contributed by atoms with Gasteiger partial charge in [0.05, 0.1) is 5.69 Å². The molecule has 0 amide bonds. The van der Waals surface area contributed by atoms with Crippen LogP contribution in [0.1, 0.15) is 11.3 Å². The maximum Gasteiger partial charge on any atom is 0.387 e. The Labute approximate surface area is 124 Å². The van der Waals surface area contributed by atoms with E-state index >= 15 is 0 Å². The van der Waals surface area contributed by atoms with Gasteiger partial charge in [-0.15, -0.1) is 0 Å². The van der Waals surface area contributed by atoms with Crippen LogP contribution in [0.4, 0.5) is 8.78 Å². The van der Waals surface area contributed by atoms with Gasteiger partial charge in [0.2, 0.25) is 0 Å². The fourth-order valence-corrected chi connectivity index (χ4v) is 2.13. The molecule has 1 N–H and O–H groups in total. The number of hydrogen-bond donors (Lipinski definition) is 1. The Bertz CT molecular complexity index is 552. The summed E-state index contributed by atoms with van der Waals surface area (Å²) < 4.78 is 30.0. The van der Waals surface area contributed by atoms with Crippen LogP contribution >= 0.6 is 15.9 Å². The summed E-state index contributed by atoms with van der Waals surface area (Å²) in [6.45, 7) is -1.86. The van der Waals surface area contributed by atoms with Crippen molar-refractivity contribution in [2.45, 2.75) is 19.7 Å². The van der Waals surface area contributed by atoms with Gasteiger partial charge in [-0.3, -0.25) is 4.98 Å². The van der Waals surface area contributed by atoms with Crippen molar-refractivity contribution in [3.63, 3.8) is 0 Å². The molecule has 0 aliphatic rings. The predicted octanol–water partition coefficient (Wildman–Crippen LogP) is 3.74. The number of pyridine rings is 1. The molecule has 2 aromatic rings. The monoisotopic (exact) mass is 342 g/mol. The standard InChI is InChI=1S/C14H13BrF2N2O/c15-11-4-5-13(20-14(16)17)10(7-11)8-18-9-12-3-1-2-6-19-12/h1-7,14,18H,8-9H2. The number of halogens is 3. The smallest absolute Gasteiger partial charge is 0.387 e. The first-order valence-electron chi connectivity index (χ1n) is 5.99. The quantitative estimate of drug-likeness (QED) is 0.868. The molecule has 106 valence electrons. The summed E-state index contributed by atoms with van der Waals surface area (Å²) in [6.07, 6.45) is 1.71. The summed E-state index contributed by atoms with van der Waals surface area (Å²) in [5, 5.41) is 3.15. The maximum atomic E-state index is 12.3. The van der Waals surface area contributed by atoms with Gasteiger partial charge in [0.25, 0.3) is 0 Å². The van der Waals surface area contributed by atoms with Gasteiger partial charge in [0.1, 0.15) is 5.75 Å². The van der Waals surface area contributed by atoms with Crippen LogP contribution in [0.3, 0.4) is 0 Å². The minimum absolute atomic E-state index is 0.178. The van der Waals surface area contributed by atoms with Gasteiger partial charge in [-0.1, -0.05) is 22.0 Å². The molecule has 0 spiro atoms. The topological polar surface area (TPSA) is 34.1 Å². The van der Waals surface area contributed by atoms with Crippen molar-refractivity contribution in [1.82, 2.24) is 10.3 Å². The van der Waals surface area contributed by atoms with Crippen LogP contribution in [0.25, 0.3) is 0 Å². The highest BCUT2D eigenvalue weighted by Crippen LogP contribution is 2.24. The molecule has 1 heterocycles. The molecule has 20 heavy (non-hydrogen) atoms. The molecule has 1 aromatic carbocycles. The van der Waals surface area contributed by atoms with E-state index in [1.165, 1.54) is 6.07 Å². The Hall–Kier alpha value is -1.53. The molecule has 0 radical (unpaired) electrons. The van der Waals surface area contributed by atoms with Crippen molar-refractivity contribution in [3.05, 3.63) is 58.3 Å².